The average molecular weight is 339 g/mol. The highest BCUT2D eigenvalue weighted by Crippen LogP contribution is 2.38. The maximum atomic E-state index is 6.39. The Morgan fingerprint density at radius 3 is 2.68 bits per heavy atom. The average Bonchev–Trinajstić information content (AvgIpc) is 3.36. The van der Waals surface area contributed by atoms with E-state index in [1.807, 2.05) is 6.07 Å². The Bertz CT molecular complexity index is 653. The van der Waals surface area contributed by atoms with Crippen LogP contribution >= 0.6 is 0 Å². The highest BCUT2D eigenvalue weighted by molar-refractivity contribution is 5.15. The summed E-state index contributed by atoms with van der Waals surface area (Å²) in [6.07, 6.45) is 6.76. The fraction of sp³-hybridized carbons (Fsp3) is 0.524. The van der Waals surface area contributed by atoms with Crippen molar-refractivity contribution in [1.82, 2.24) is 9.80 Å². The van der Waals surface area contributed by atoms with Crippen molar-refractivity contribution < 1.29 is 4.42 Å². The minimum absolute atomic E-state index is 0.0704. The molecule has 2 aliphatic rings. The quantitative estimate of drug-likeness (QED) is 0.841. The van der Waals surface area contributed by atoms with Gasteiger partial charge in [0.1, 0.15) is 5.76 Å². The second-order valence-corrected chi connectivity index (χ2v) is 7.67. The summed E-state index contributed by atoms with van der Waals surface area (Å²) in [5.41, 5.74) is 7.85. The van der Waals surface area contributed by atoms with Gasteiger partial charge in [0.05, 0.1) is 12.8 Å². The summed E-state index contributed by atoms with van der Waals surface area (Å²) in [5.74, 6) is 1.06. The van der Waals surface area contributed by atoms with Gasteiger partial charge in [-0.2, -0.15) is 0 Å². The molecule has 1 aromatic heterocycles. The van der Waals surface area contributed by atoms with Gasteiger partial charge in [-0.1, -0.05) is 30.3 Å². The van der Waals surface area contributed by atoms with Gasteiger partial charge in [-0.3, -0.25) is 9.80 Å². The third-order valence-electron chi connectivity index (χ3n) is 5.77. The van der Waals surface area contributed by atoms with Gasteiger partial charge >= 0.3 is 0 Å². The zero-order valence-corrected chi connectivity index (χ0v) is 14.9. The second-order valence-electron chi connectivity index (χ2n) is 7.67. The molecule has 4 heteroatoms. The number of nitrogens with zero attached hydrogens (tertiary/aromatic N) is 2. The van der Waals surface area contributed by atoms with Gasteiger partial charge in [0, 0.05) is 31.2 Å². The molecule has 1 saturated carbocycles. The number of benzene rings is 1. The second kappa shape index (κ2) is 7.32. The van der Waals surface area contributed by atoms with Crippen LogP contribution in [-0.2, 0) is 13.1 Å². The molecule has 2 heterocycles. The lowest BCUT2D eigenvalue weighted by Crippen LogP contribution is -2.62. The number of furan rings is 1. The van der Waals surface area contributed by atoms with Gasteiger partial charge in [0.25, 0.3) is 0 Å². The summed E-state index contributed by atoms with van der Waals surface area (Å²) in [5, 5.41) is 0. The van der Waals surface area contributed by atoms with Crippen molar-refractivity contribution in [3.05, 3.63) is 60.1 Å². The Kier molecular flexibility index (Phi) is 4.93. The Hall–Kier alpha value is -1.62. The number of rotatable bonds is 7. The fourth-order valence-corrected chi connectivity index (χ4v) is 4.34. The molecular weight excluding hydrogens is 310 g/mol. The van der Waals surface area contributed by atoms with Gasteiger partial charge in [0.15, 0.2) is 0 Å². The van der Waals surface area contributed by atoms with Crippen LogP contribution in [0.3, 0.4) is 0 Å². The molecule has 134 valence electrons. The summed E-state index contributed by atoms with van der Waals surface area (Å²) >= 11 is 0. The van der Waals surface area contributed by atoms with Crippen LogP contribution in [0, 0.1) is 0 Å². The predicted octanol–water partition coefficient (Wildman–Crippen LogP) is 3.24. The van der Waals surface area contributed by atoms with Gasteiger partial charge in [-0.15, -0.1) is 0 Å². The number of piperidine rings is 1. The Morgan fingerprint density at radius 1 is 1.16 bits per heavy atom. The van der Waals surface area contributed by atoms with Crippen LogP contribution in [0.1, 0.15) is 37.0 Å². The number of hydrogen-bond acceptors (Lipinski definition) is 4. The summed E-state index contributed by atoms with van der Waals surface area (Å²) in [7, 11) is 0. The minimum atomic E-state index is 0.0704. The van der Waals surface area contributed by atoms with Crippen LogP contribution in [0.4, 0.5) is 0 Å². The molecule has 1 aliphatic heterocycles. The van der Waals surface area contributed by atoms with E-state index in [0.717, 1.165) is 38.5 Å². The van der Waals surface area contributed by atoms with Gasteiger partial charge < -0.3 is 10.2 Å². The smallest absolute Gasteiger partial charge is 0.117 e. The molecule has 0 amide bonds. The zero-order chi connectivity index (χ0) is 17.1. The molecule has 4 rings (SSSR count). The van der Waals surface area contributed by atoms with E-state index in [2.05, 4.69) is 46.2 Å². The van der Waals surface area contributed by atoms with Crippen LogP contribution in [0.15, 0.2) is 53.1 Å². The molecule has 1 unspecified atom stereocenters. The van der Waals surface area contributed by atoms with Crippen LogP contribution in [0.25, 0.3) is 0 Å². The molecule has 4 nitrogen and oxygen atoms in total. The molecule has 0 bridgehead atoms. The molecule has 0 spiro atoms. The van der Waals surface area contributed by atoms with E-state index in [1.165, 1.54) is 31.2 Å². The van der Waals surface area contributed by atoms with Crippen molar-refractivity contribution in [2.45, 2.75) is 50.4 Å². The van der Waals surface area contributed by atoms with Gasteiger partial charge in [0.2, 0.25) is 0 Å². The van der Waals surface area contributed by atoms with E-state index in [0.29, 0.717) is 6.04 Å². The normalized spacial score (nSPS) is 24.7. The lowest BCUT2D eigenvalue weighted by Gasteiger charge is -2.49. The lowest BCUT2D eigenvalue weighted by molar-refractivity contribution is -0.00181. The molecule has 1 aromatic carbocycles. The molecule has 2 aromatic rings. The fourth-order valence-electron chi connectivity index (χ4n) is 4.34. The molecule has 25 heavy (non-hydrogen) atoms. The molecular formula is C21H29N3O. The van der Waals surface area contributed by atoms with Crippen molar-refractivity contribution in [1.29, 1.82) is 0 Å². The van der Waals surface area contributed by atoms with Crippen LogP contribution in [-0.4, -0.2) is 41.0 Å². The van der Waals surface area contributed by atoms with Crippen molar-refractivity contribution in [3.8, 4) is 0 Å². The Morgan fingerprint density at radius 2 is 2.00 bits per heavy atom. The molecule has 1 aliphatic carbocycles. The van der Waals surface area contributed by atoms with Crippen molar-refractivity contribution in [3.63, 3.8) is 0 Å². The zero-order valence-electron chi connectivity index (χ0n) is 14.9. The Balaban J connectivity index is 1.51. The van der Waals surface area contributed by atoms with E-state index in [1.54, 1.807) is 6.26 Å². The molecule has 1 saturated heterocycles. The van der Waals surface area contributed by atoms with Gasteiger partial charge in [-0.05, 0) is 49.9 Å². The first-order valence-corrected chi connectivity index (χ1v) is 9.55. The summed E-state index contributed by atoms with van der Waals surface area (Å²) < 4.78 is 5.65. The van der Waals surface area contributed by atoms with E-state index in [-0.39, 0.29) is 5.54 Å². The van der Waals surface area contributed by atoms with E-state index >= 15 is 0 Å². The van der Waals surface area contributed by atoms with E-state index in [9.17, 15) is 0 Å². The van der Waals surface area contributed by atoms with Crippen molar-refractivity contribution >= 4 is 0 Å². The maximum absolute atomic E-state index is 6.39. The number of hydrogen-bond donors (Lipinski definition) is 1. The standard InChI is InChI=1S/C21H29N3O/c22-16-21(24(19-9-10-19)15-20-8-4-13-25-20)11-5-12-23(17-21)14-18-6-2-1-3-7-18/h1-4,6-8,13,19H,5,9-12,14-17,22H2. The van der Waals surface area contributed by atoms with Crippen molar-refractivity contribution in [2.24, 2.45) is 5.73 Å². The first-order chi connectivity index (χ1) is 12.3. The van der Waals surface area contributed by atoms with Crippen molar-refractivity contribution in [2.75, 3.05) is 19.6 Å². The summed E-state index contributed by atoms with van der Waals surface area (Å²) in [6.45, 7) is 4.83. The third-order valence-corrected chi connectivity index (χ3v) is 5.77. The first-order valence-electron chi connectivity index (χ1n) is 9.55. The maximum Gasteiger partial charge on any atom is 0.117 e. The summed E-state index contributed by atoms with van der Waals surface area (Å²) in [6, 6.07) is 15.5. The lowest BCUT2D eigenvalue weighted by atomic mass is 9.86. The molecule has 1 atom stereocenters. The SMILES string of the molecule is NCC1(N(Cc2ccco2)C2CC2)CCCN(Cc2ccccc2)C1. The first kappa shape index (κ1) is 16.8. The topological polar surface area (TPSA) is 45.6 Å². The Labute approximate surface area is 150 Å². The molecule has 2 fully saturated rings. The predicted molar refractivity (Wildman–Crippen MR) is 100 cm³/mol. The van der Waals surface area contributed by atoms with Crippen LogP contribution in [0.2, 0.25) is 0 Å². The highest BCUT2D eigenvalue weighted by atomic mass is 16.3. The number of likely N-dealkylation sites (tertiary alicyclic amines) is 1. The minimum Gasteiger partial charge on any atom is -0.468 e. The molecule has 0 radical (unpaired) electrons. The number of nitrogens with two attached hydrogens (primary N) is 1. The van der Waals surface area contributed by atoms with Gasteiger partial charge in [-0.25, -0.2) is 0 Å². The molecule has 2 N–H and O–H groups in total. The largest absolute Gasteiger partial charge is 0.468 e. The van der Waals surface area contributed by atoms with E-state index in [4.69, 9.17) is 10.2 Å². The third kappa shape index (κ3) is 3.81. The van der Waals surface area contributed by atoms with Crippen LogP contribution < -0.4 is 5.73 Å². The monoisotopic (exact) mass is 339 g/mol. The van der Waals surface area contributed by atoms with Crippen LogP contribution in [0.5, 0.6) is 0 Å². The highest BCUT2D eigenvalue weighted by Gasteiger charge is 2.46. The summed E-state index contributed by atoms with van der Waals surface area (Å²) in [4.78, 5) is 5.24. The van der Waals surface area contributed by atoms with E-state index < -0.39 is 0 Å².